The van der Waals surface area contributed by atoms with Crippen molar-refractivity contribution in [3.05, 3.63) is 149 Å². The van der Waals surface area contributed by atoms with E-state index >= 15 is 0 Å². The van der Waals surface area contributed by atoms with Crippen molar-refractivity contribution < 1.29 is 14.7 Å². The van der Waals surface area contributed by atoms with Crippen molar-refractivity contribution in [2.24, 2.45) is 5.73 Å². The van der Waals surface area contributed by atoms with E-state index in [2.05, 4.69) is 46.7 Å². The lowest BCUT2D eigenvalue weighted by Gasteiger charge is -2.44. The Labute approximate surface area is 303 Å². The second-order valence-corrected chi connectivity index (χ2v) is 16.2. The first-order valence-electron chi connectivity index (χ1n) is 16.9. The number of thiazole rings is 1. The van der Waals surface area contributed by atoms with Crippen molar-refractivity contribution in [2.45, 2.75) is 67.8 Å². The fourth-order valence-corrected chi connectivity index (χ4v) is 9.42. The number of aliphatic hydroxyl groups is 1. The number of thioether (sulfide) groups is 1. The molecule has 0 spiro atoms. The first kappa shape index (κ1) is 35.5. The number of hydrogen-bond acceptors (Lipinski definition) is 7. The molecule has 9 heteroatoms. The van der Waals surface area contributed by atoms with Gasteiger partial charge in [0.2, 0.25) is 11.8 Å². The van der Waals surface area contributed by atoms with Gasteiger partial charge >= 0.3 is 0 Å². The third-order valence-electron chi connectivity index (χ3n) is 9.61. The van der Waals surface area contributed by atoms with Crippen molar-refractivity contribution in [1.82, 2.24) is 15.2 Å². The molecule has 1 fully saturated rings. The number of carbonyl (C=O) groups excluding carboxylic acids is 2. The van der Waals surface area contributed by atoms with Crippen LogP contribution in [0.4, 0.5) is 0 Å². The highest BCUT2D eigenvalue weighted by atomic mass is 32.2. The summed E-state index contributed by atoms with van der Waals surface area (Å²) in [7, 11) is 0. The van der Waals surface area contributed by atoms with Gasteiger partial charge in [-0.25, -0.2) is 4.98 Å². The molecule has 1 aromatic heterocycles. The number of amides is 2. The number of benzene rings is 4. The lowest BCUT2D eigenvalue weighted by molar-refractivity contribution is -0.140. The minimum absolute atomic E-state index is 0.0455. The molecule has 5 aromatic rings. The Hall–Kier alpha value is -4.28. The van der Waals surface area contributed by atoms with Gasteiger partial charge in [0.05, 0.1) is 39.0 Å². The van der Waals surface area contributed by atoms with Gasteiger partial charge in [0.15, 0.2) is 0 Å². The molecule has 258 valence electrons. The lowest BCUT2D eigenvalue weighted by Crippen LogP contribution is -2.57. The molecule has 2 unspecified atom stereocenters. The first-order valence-corrected chi connectivity index (χ1v) is 18.6. The van der Waals surface area contributed by atoms with Gasteiger partial charge in [0.1, 0.15) is 6.04 Å². The maximum Gasteiger partial charge on any atom is 0.243 e. The van der Waals surface area contributed by atoms with Gasteiger partial charge in [-0.2, -0.15) is 0 Å². The second kappa shape index (κ2) is 14.9. The number of nitrogens with zero attached hydrogens (tertiary/aromatic N) is 2. The number of likely N-dealkylation sites (tertiary alicyclic amines) is 1. The van der Waals surface area contributed by atoms with Crippen LogP contribution in [0.2, 0.25) is 0 Å². The number of nitrogens with one attached hydrogen (secondary N) is 1. The summed E-state index contributed by atoms with van der Waals surface area (Å²) in [5.74, 6) is -0.672. The van der Waals surface area contributed by atoms with Crippen LogP contribution < -0.4 is 11.1 Å². The molecule has 2 amide bonds. The van der Waals surface area contributed by atoms with Crippen molar-refractivity contribution in [3.63, 3.8) is 0 Å². The zero-order chi connectivity index (χ0) is 35.5. The number of aromatic nitrogens is 1. The molecular weight excluding hydrogens is 661 g/mol. The first-order chi connectivity index (χ1) is 24.0. The van der Waals surface area contributed by atoms with E-state index in [9.17, 15) is 14.7 Å². The Morgan fingerprint density at radius 1 is 0.900 bits per heavy atom. The van der Waals surface area contributed by atoms with Crippen LogP contribution in [0.15, 0.2) is 121 Å². The van der Waals surface area contributed by atoms with Gasteiger partial charge in [-0.15, -0.1) is 23.1 Å². The van der Waals surface area contributed by atoms with Gasteiger partial charge in [-0.3, -0.25) is 9.59 Å². The van der Waals surface area contributed by atoms with Gasteiger partial charge in [-0.05, 0) is 55.5 Å². The summed E-state index contributed by atoms with van der Waals surface area (Å²) in [6, 6.07) is 36.8. The van der Waals surface area contributed by atoms with E-state index in [1.54, 1.807) is 23.1 Å². The number of β-amino-alcohol motifs (C(OH)–C–C–N with tert-alkyl or cyclic N) is 1. The summed E-state index contributed by atoms with van der Waals surface area (Å²) in [5, 5.41) is 13.8. The monoisotopic (exact) mass is 704 g/mol. The minimum Gasteiger partial charge on any atom is -0.391 e. The third kappa shape index (κ3) is 7.14. The number of nitrogens with two attached hydrogens (primary N) is 1. The number of aliphatic hydroxyl groups excluding tert-OH is 1. The molecule has 1 aliphatic rings. The molecule has 7 nitrogen and oxygen atoms in total. The highest BCUT2D eigenvalue weighted by molar-refractivity contribution is 8.02. The topological polar surface area (TPSA) is 109 Å². The molecule has 0 radical (unpaired) electrons. The Bertz CT molecular complexity index is 1800. The summed E-state index contributed by atoms with van der Waals surface area (Å²) < 4.78 is -1.52. The van der Waals surface area contributed by atoms with Crippen LogP contribution in [0.5, 0.6) is 0 Å². The van der Waals surface area contributed by atoms with E-state index in [-0.39, 0.29) is 30.8 Å². The van der Waals surface area contributed by atoms with Crippen LogP contribution in [0.3, 0.4) is 0 Å². The van der Waals surface area contributed by atoms with Crippen molar-refractivity contribution >= 4 is 34.9 Å². The smallest absolute Gasteiger partial charge is 0.243 e. The number of rotatable bonds is 11. The fraction of sp³-hybridized carbons (Fsp3) is 0.293. The van der Waals surface area contributed by atoms with Crippen LogP contribution in [0.1, 0.15) is 61.2 Å². The van der Waals surface area contributed by atoms with Crippen LogP contribution in [0.25, 0.3) is 10.4 Å². The Morgan fingerprint density at radius 2 is 1.42 bits per heavy atom. The summed E-state index contributed by atoms with van der Waals surface area (Å²) >= 11 is 3.23. The van der Waals surface area contributed by atoms with Crippen molar-refractivity contribution in [2.75, 3.05) is 6.54 Å². The number of hydrogen-bond donors (Lipinski definition) is 3. The summed E-state index contributed by atoms with van der Waals surface area (Å²) in [6.07, 6.45) is -0.678. The third-order valence-corrected chi connectivity index (χ3v) is 12.4. The Morgan fingerprint density at radius 3 is 1.90 bits per heavy atom. The van der Waals surface area contributed by atoms with Gasteiger partial charge in [0.25, 0.3) is 0 Å². The molecule has 4 N–H and O–H groups in total. The fourth-order valence-electron chi connectivity index (χ4n) is 6.83. The van der Waals surface area contributed by atoms with E-state index in [1.807, 2.05) is 112 Å². The molecule has 2 heterocycles. The maximum absolute atomic E-state index is 14.4. The molecule has 1 aliphatic heterocycles. The van der Waals surface area contributed by atoms with E-state index in [0.29, 0.717) is 0 Å². The van der Waals surface area contributed by atoms with Gasteiger partial charge in [-0.1, -0.05) is 115 Å². The normalized spacial score (nSPS) is 17.7. The van der Waals surface area contributed by atoms with Crippen molar-refractivity contribution in [3.8, 4) is 10.4 Å². The van der Waals surface area contributed by atoms with E-state index < -0.39 is 27.7 Å². The van der Waals surface area contributed by atoms with Gasteiger partial charge < -0.3 is 21.1 Å². The average molecular weight is 705 g/mol. The quantitative estimate of drug-likeness (QED) is 0.127. The Kier molecular flexibility index (Phi) is 10.6. The standard InChI is InChI=1S/C41H44N4O3S2/c1-27(29-20-22-30(23-21-29)36-28(2)43-26-49-36)44-38(47)35-24-34(46)25-45(35)39(48)37(42)40(3,4)50-41(31-14-8-5-9-15-31,32-16-10-6-11-17-32)33-18-12-7-13-19-33/h5-23,26-27,34-35,37,46H,24-25,42H2,1-4H3,(H,44,47)/t27?,34-,35-,37?/m1/s1. The summed E-state index contributed by atoms with van der Waals surface area (Å²) in [4.78, 5) is 35.1. The van der Waals surface area contributed by atoms with Crippen molar-refractivity contribution in [1.29, 1.82) is 0 Å². The molecule has 0 saturated carbocycles. The van der Waals surface area contributed by atoms with E-state index in [4.69, 9.17) is 5.73 Å². The van der Waals surface area contributed by atoms with Crippen LogP contribution >= 0.6 is 23.1 Å². The molecule has 50 heavy (non-hydrogen) atoms. The predicted molar refractivity (Wildman–Crippen MR) is 204 cm³/mol. The highest BCUT2D eigenvalue weighted by Gasteiger charge is 2.49. The van der Waals surface area contributed by atoms with Crippen LogP contribution in [-0.4, -0.2) is 56.3 Å². The minimum atomic E-state index is -0.983. The molecule has 4 atom stereocenters. The van der Waals surface area contributed by atoms with Crippen LogP contribution in [-0.2, 0) is 14.3 Å². The number of carbonyl (C=O) groups is 2. The summed E-state index contributed by atoms with van der Waals surface area (Å²) in [5.41, 5.74) is 15.0. The van der Waals surface area contributed by atoms with E-state index in [0.717, 1.165) is 38.4 Å². The zero-order valence-corrected chi connectivity index (χ0v) is 30.5. The molecule has 1 saturated heterocycles. The summed E-state index contributed by atoms with van der Waals surface area (Å²) in [6.45, 7) is 7.94. The maximum atomic E-state index is 14.4. The molecule has 6 rings (SSSR count). The van der Waals surface area contributed by atoms with E-state index in [1.165, 1.54) is 4.90 Å². The second-order valence-electron chi connectivity index (χ2n) is 13.5. The number of aryl methyl sites for hydroxylation is 1. The molecule has 0 aliphatic carbocycles. The molecule has 4 aromatic carbocycles. The SMILES string of the molecule is Cc1ncsc1-c1ccc(C(C)NC(=O)[C@H]2C[C@@H](O)CN2C(=O)C(N)C(C)(C)SC(c2ccccc2)(c2ccccc2)c2ccccc2)cc1. The van der Waals surface area contributed by atoms with Crippen LogP contribution in [0, 0.1) is 6.92 Å². The molecular formula is C41H44N4O3S2. The molecule has 0 bridgehead atoms. The Balaban J connectivity index is 1.24. The predicted octanol–water partition coefficient (Wildman–Crippen LogP) is 7.09. The highest BCUT2D eigenvalue weighted by Crippen LogP contribution is 2.54. The van der Waals surface area contributed by atoms with Gasteiger partial charge in [0, 0.05) is 17.7 Å². The largest absolute Gasteiger partial charge is 0.391 e. The lowest BCUT2D eigenvalue weighted by atomic mass is 9.84. The zero-order valence-electron chi connectivity index (χ0n) is 28.8. The average Bonchev–Trinajstić information content (AvgIpc) is 3.76.